The van der Waals surface area contributed by atoms with Crippen LogP contribution in [-0.2, 0) is 0 Å². The molecule has 56 heavy (non-hydrogen) atoms. The predicted octanol–water partition coefficient (Wildman–Crippen LogP) is 12.8. The average molecular weight is 714 g/mol. The van der Waals surface area contributed by atoms with Gasteiger partial charge in [-0.2, -0.15) is 0 Å². The number of para-hydroxylation sites is 1. The first kappa shape index (κ1) is 31.9. The van der Waals surface area contributed by atoms with Crippen molar-refractivity contribution in [2.24, 2.45) is 0 Å². The van der Waals surface area contributed by atoms with Crippen molar-refractivity contribution in [1.29, 1.82) is 0 Å². The summed E-state index contributed by atoms with van der Waals surface area (Å²) in [5, 5.41) is 10.4. The van der Waals surface area contributed by atoms with Gasteiger partial charge in [0.15, 0.2) is 17.5 Å². The number of benzene rings is 8. The molecule has 0 fully saturated rings. The van der Waals surface area contributed by atoms with Crippen LogP contribution in [0.3, 0.4) is 0 Å². The molecule has 0 saturated carbocycles. The molecule has 3 heterocycles. The van der Waals surface area contributed by atoms with E-state index in [1.54, 1.807) is 6.20 Å². The fourth-order valence-corrected chi connectivity index (χ4v) is 7.96. The molecule has 8 aromatic carbocycles. The fourth-order valence-electron chi connectivity index (χ4n) is 7.96. The second-order valence-corrected chi connectivity index (χ2v) is 14.2. The summed E-state index contributed by atoms with van der Waals surface area (Å²) < 4.78 is 0. The van der Waals surface area contributed by atoms with Gasteiger partial charge in [-0.25, -0.2) is 19.9 Å². The summed E-state index contributed by atoms with van der Waals surface area (Å²) in [6.45, 7) is 0. The lowest BCUT2D eigenvalue weighted by Gasteiger charge is -2.15. The minimum Gasteiger partial charge on any atom is -0.264 e. The quantitative estimate of drug-likeness (QED) is 0.166. The molecule has 0 saturated heterocycles. The Labute approximate surface area is 322 Å². The van der Waals surface area contributed by atoms with Crippen LogP contribution in [0.5, 0.6) is 0 Å². The zero-order chi connectivity index (χ0) is 37.0. The third-order valence-electron chi connectivity index (χ3n) is 10.7. The first-order chi connectivity index (χ1) is 27.7. The molecular weight excluding hydrogens is 683 g/mol. The van der Waals surface area contributed by atoms with Gasteiger partial charge in [0.25, 0.3) is 0 Å². The van der Waals surface area contributed by atoms with Crippen LogP contribution in [-0.4, -0.2) is 24.9 Å². The van der Waals surface area contributed by atoms with E-state index in [9.17, 15) is 0 Å². The maximum absolute atomic E-state index is 5.37. The van der Waals surface area contributed by atoms with Crippen molar-refractivity contribution in [1.82, 2.24) is 24.9 Å². The number of rotatable bonds is 5. The molecule has 0 unspecified atom stereocenters. The van der Waals surface area contributed by atoms with Crippen molar-refractivity contribution >= 4 is 54.0 Å². The lowest BCUT2D eigenvalue weighted by molar-refractivity contribution is 1.08. The van der Waals surface area contributed by atoms with Crippen molar-refractivity contribution in [3.05, 3.63) is 188 Å². The molecule has 0 aliphatic rings. The summed E-state index contributed by atoms with van der Waals surface area (Å²) in [7, 11) is 0. The molecule has 0 aliphatic carbocycles. The van der Waals surface area contributed by atoms with Gasteiger partial charge in [-0.15, -0.1) is 0 Å². The summed E-state index contributed by atoms with van der Waals surface area (Å²) in [5.74, 6) is 1.80. The molecule has 3 aromatic heterocycles. The molecule has 5 heteroatoms. The van der Waals surface area contributed by atoms with Crippen LogP contribution in [0.1, 0.15) is 0 Å². The summed E-state index contributed by atoms with van der Waals surface area (Å²) in [5.41, 5.74) is 7.49. The van der Waals surface area contributed by atoms with Crippen LogP contribution < -0.4 is 0 Å². The minimum absolute atomic E-state index is 0.578. The number of pyridine rings is 2. The third kappa shape index (κ3) is 5.53. The molecular formula is C51H31N5. The number of hydrogen-bond acceptors (Lipinski definition) is 5. The Morgan fingerprint density at radius 3 is 1.54 bits per heavy atom. The monoisotopic (exact) mass is 713 g/mol. The lowest BCUT2D eigenvalue weighted by atomic mass is 9.93. The molecule has 5 nitrogen and oxygen atoms in total. The van der Waals surface area contributed by atoms with Gasteiger partial charge >= 0.3 is 0 Å². The zero-order valence-electron chi connectivity index (χ0n) is 30.1. The van der Waals surface area contributed by atoms with E-state index in [4.69, 9.17) is 19.9 Å². The molecule has 0 atom stereocenters. The Bertz CT molecular complexity index is 3210. The van der Waals surface area contributed by atoms with Crippen molar-refractivity contribution in [3.63, 3.8) is 0 Å². The van der Waals surface area contributed by atoms with Crippen molar-refractivity contribution in [3.8, 4) is 56.5 Å². The van der Waals surface area contributed by atoms with Crippen LogP contribution in [0.4, 0.5) is 0 Å². The molecule has 11 aromatic rings. The Morgan fingerprint density at radius 2 is 0.857 bits per heavy atom. The first-order valence-corrected chi connectivity index (χ1v) is 18.7. The fraction of sp³-hybridized carbons (Fsp3) is 0. The summed E-state index contributed by atoms with van der Waals surface area (Å²) in [4.78, 5) is 25.5. The van der Waals surface area contributed by atoms with Gasteiger partial charge < -0.3 is 0 Å². The number of aromatic nitrogens is 5. The van der Waals surface area contributed by atoms with Gasteiger partial charge in [-0.1, -0.05) is 133 Å². The van der Waals surface area contributed by atoms with E-state index < -0.39 is 0 Å². The van der Waals surface area contributed by atoms with Crippen molar-refractivity contribution in [2.75, 3.05) is 0 Å². The van der Waals surface area contributed by atoms with E-state index in [1.165, 1.54) is 16.2 Å². The Hall–Kier alpha value is -7.63. The van der Waals surface area contributed by atoms with Crippen LogP contribution >= 0.6 is 0 Å². The summed E-state index contributed by atoms with van der Waals surface area (Å²) in [6, 6.07) is 61.5. The van der Waals surface area contributed by atoms with Gasteiger partial charge in [0, 0.05) is 56.4 Å². The number of nitrogens with zero attached hydrogens (tertiary/aromatic N) is 5. The van der Waals surface area contributed by atoms with Gasteiger partial charge in [0.1, 0.15) is 0 Å². The largest absolute Gasteiger partial charge is 0.264 e. The molecule has 0 amide bonds. The lowest BCUT2D eigenvalue weighted by Crippen LogP contribution is -2.01. The maximum atomic E-state index is 5.37. The van der Waals surface area contributed by atoms with Gasteiger partial charge in [0.05, 0.1) is 11.2 Å². The molecule has 0 radical (unpaired) electrons. The van der Waals surface area contributed by atoms with E-state index in [0.717, 1.165) is 76.9 Å². The van der Waals surface area contributed by atoms with E-state index in [-0.39, 0.29) is 0 Å². The Morgan fingerprint density at radius 1 is 0.304 bits per heavy atom. The highest BCUT2D eigenvalue weighted by atomic mass is 15.0. The predicted molar refractivity (Wildman–Crippen MR) is 230 cm³/mol. The van der Waals surface area contributed by atoms with E-state index in [2.05, 4.69) is 175 Å². The molecule has 0 aliphatic heterocycles. The Kier molecular flexibility index (Phi) is 7.42. The van der Waals surface area contributed by atoms with Gasteiger partial charge in [-0.05, 0) is 80.3 Å². The average Bonchev–Trinajstić information content (AvgIpc) is 3.28. The number of fused-ring (bicyclic) bond motifs is 7. The number of hydrogen-bond donors (Lipinski definition) is 0. The van der Waals surface area contributed by atoms with Crippen LogP contribution in [0.25, 0.3) is 111 Å². The van der Waals surface area contributed by atoms with Crippen LogP contribution in [0.15, 0.2) is 188 Å². The van der Waals surface area contributed by atoms with Gasteiger partial charge in [0.2, 0.25) is 0 Å². The SMILES string of the molecule is c1cncc(-c2cc(-c3nc(-c4ccc5ccccc5c4)nc(-c4ccc5ccccc5c4)n3)cc(-c3nc4ccccc4c4c3ccc3ccccc34)c2)c1. The smallest absolute Gasteiger partial charge is 0.164 e. The first-order valence-electron chi connectivity index (χ1n) is 18.7. The van der Waals surface area contributed by atoms with E-state index in [1.807, 2.05) is 12.3 Å². The second-order valence-electron chi connectivity index (χ2n) is 14.2. The molecule has 11 rings (SSSR count). The van der Waals surface area contributed by atoms with Crippen LogP contribution in [0.2, 0.25) is 0 Å². The standard InChI is InChI=1S/C51H31N5/c1-3-13-35-26-37(21-19-32(35)10-1)49-54-50(38-22-20-33-11-2-4-14-36(33)27-38)56-51(55-49)42-29-40(39-15-9-25-52-31-39)28-41(30-42)48-45-24-23-34-12-5-6-16-43(34)47(45)44-17-7-8-18-46(44)53-48/h1-31H. The third-order valence-corrected chi connectivity index (χ3v) is 10.7. The minimum atomic E-state index is 0.578. The van der Waals surface area contributed by atoms with E-state index >= 15 is 0 Å². The summed E-state index contributed by atoms with van der Waals surface area (Å²) >= 11 is 0. The highest BCUT2D eigenvalue weighted by Gasteiger charge is 2.18. The molecule has 0 N–H and O–H groups in total. The topological polar surface area (TPSA) is 64.5 Å². The molecule has 260 valence electrons. The second kappa shape index (κ2) is 13.0. The zero-order valence-corrected chi connectivity index (χ0v) is 30.1. The Balaban J connectivity index is 1.18. The van der Waals surface area contributed by atoms with Crippen molar-refractivity contribution in [2.45, 2.75) is 0 Å². The van der Waals surface area contributed by atoms with Gasteiger partial charge in [-0.3, -0.25) is 4.98 Å². The highest BCUT2D eigenvalue weighted by Crippen LogP contribution is 2.40. The molecule has 0 spiro atoms. The molecule has 0 bridgehead atoms. The van der Waals surface area contributed by atoms with Crippen molar-refractivity contribution < 1.29 is 0 Å². The maximum Gasteiger partial charge on any atom is 0.164 e. The normalized spacial score (nSPS) is 11.6. The highest BCUT2D eigenvalue weighted by molar-refractivity contribution is 6.22. The summed E-state index contributed by atoms with van der Waals surface area (Å²) in [6.07, 6.45) is 3.70. The van der Waals surface area contributed by atoms with Crippen LogP contribution in [0, 0.1) is 0 Å². The van der Waals surface area contributed by atoms with E-state index in [0.29, 0.717) is 17.5 Å².